The molecular formula is C13H20N2O4S. The van der Waals surface area contributed by atoms with Crippen LogP contribution in [0.5, 0.6) is 0 Å². The Kier molecular flexibility index (Phi) is 4.82. The van der Waals surface area contributed by atoms with Gasteiger partial charge in [0.15, 0.2) is 5.76 Å². The van der Waals surface area contributed by atoms with Crippen LogP contribution in [0.15, 0.2) is 22.8 Å². The molecule has 0 spiro atoms. The predicted octanol–water partition coefficient (Wildman–Crippen LogP) is 1.21. The molecule has 1 aliphatic carbocycles. The molecule has 1 fully saturated rings. The van der Waals surface area contributed by atoms with E-state index in [-0.39, 0.29) is 24.3 Å². The van der Waals surface area contributed by atoms with Crippen LogP contribution in [0.25, 0.3) is 0 Å². The van der Waals surface area contributed by atoms with E-state index >= 15 is 0 Å². The van der Waals surface area contributed by atoms with Crippen molar-refractivity contribution in [3.05, 3.63) is 24.2 Å². The van der Waals surface area contributed by atoms with E-state index in [1.807, 2.05) is 0 Å². The van der Waals surface area contributed by atoms with Crippen LogP contribution in [0.3, 0.4) is 0 Å². The standard InChI is InChI=1S/C13H20N2O4S/c1-20(17,18)15(11-5-2-3-6-11)9-8-14-13(16)12-7-4-10-19-12/h4,7,10-11H,2-3,5-6,8-9H2,1H3,(H,14,16). The first kappa shape index (κ1) is 15.1. The summed E-state index contributed by atoms with van der Waals surface area (Å²) in [6.45, 7) is 0.582. The molecule has 1 N–H and O–H groups in total. The second-order valence-electron chi connectivity index (χ2n) is 5.05. The molecule has 1 heterocycles. The predicted molar refractivity (Wildman–Crippen MR) is 74.8 cm³/mol. The van der Waals surface area contributed by atoms with Gasteiger partial charge in [-0.1, -0.05) is 12.8 Å². The average molecular weight is 300 g/mol. The molecule has 1 saturated carbocycles. The van der Waals surface area contributed by atoms with E-state index in [0.717, 1.165) is 25.7 Å². The third-order valence-corrected chi connectivity index (χ3v) is 4.85. The van der Waals surface area contributed by atoms with Gasteiger partial charge in [-0.3, -0.25) is 4.79 Å². The number of hydrogen-bond donors (Lipinski definition) is 1. The van der Waals surface area contributed by atoms with Crippen LogP contribution in [0, 0.1) is 0 Å². The first-order valence-electron chi connectivity index (χ1n) is 6.77. The smallest absolute Gasteiger partial charge is 0.287 e. The molecule has 6 nitrogen and oxygen atoms in total. The second-order valence-corrected chi connectivity index (χ2v) is 6.98. The van der Waals surface area contributed by atoms with Gasteiger partial charge in [0.1, 0.15) is 0 Å². The number of nitrogens with one attached hydrogen (secondary N) is 1. The number of rotatable bonds is 6. The molecular weight excluding hydrogens is 280 g/mol. The minimum atomic E-state index is -3.24. The summed E-state index contributed by atoms with van der Waals surface area (Å²) in [5.74, 6) is -0.0911. The molecule has 0 atom stereocenters. The molecule has 20 heavy (non-hydrogen) atoms. The minimum Gasteiger partial charge on any atom is -0.459 e. The Labute approximate surface area is 119 Å². The first-order valence-corrected chi connectivity index (χ1v) is 8.62. The maximum Gasteiger partial charge on any atom is 0.287 e. The summed E-state index contributed by atoms with van der Waals surface area (Å²) in [7, 11) is -3.24. The highest BCUT2D eigenvalue weighted by Crippen LogP contribution is 2.24. The Morgan fingerprint density at radius 1 is 1.45 bits per heavy atom. The fourth-order valence-corrected chi connectivity index (χ4v) is 3.76. The zero-order valence-electron chi connectivity index (χ0n) is 11.5. The first-order chi connectivity index (χ1) is 9.48. The van der Waals surface area contributed by atoms with Gasteiger partial charge in [-0.2, -0.15) is 4.31 Å². The highest BCUT2D eigenvalue weighted by Gasteiger charge is 2.28. The lowest BCUT2D eigenvalue weighted by molar-refractivity contribution is 0.0922. The molecule has 0 aromatic carbocycles. The van der Waals surface area contributed by atoms with Gasteiger partial charge in [-0.15, -0.1) is 0 Å². The Bertz CT molecular complexity index is 533. The molecule has 0 bridgehead atoms. The van der Waals surface area contributed by atoms with E-state index in [0.29, 0.717) is 6.54 Å². The molecule has 1 aromatic rings. The number of furan rings is 1. The van der Waals surface area contributed by atoms with Crippen molar-refractivity contribution >= 4 is 15.9 Å². The van der Waals surface area contributed by atoms with E-state index in [2.05, 4.69) is 5.32 Å². The molecule has 1 aliphatic rings. The third-order valence-electron chi connectivity index (χ3n) is 3.52. The van der Waals surface area contributed by atoms with Crippen molar-refractivity contribution in [3.63, 3.8) is 0 Å². The van der Waals surface area contributed by atoms with Crippen molar-refractivity contribution in [2.24, 2.45) is 0 Å². The topological polar surface area (TPSA) is 79.6 Å². The van der Waals surface area contributed by atoms with E-state index in [1.165, 1.54) is 16.8 Å². The van der Waals surface area contributed by atoms with E-state index in [4.69, 9.17) is 4.42 Å². The molecule has 7 heteroatoms. The lowest BCUT2D eigenvalue weighted by Crippen LogP contribution is -2.43. The van der Waals surface area contributed by atoms with Crippen molar-refractivity contribution in [3.8, 4) is 0 Å². The van der Waals surface area contributed by atoms with Gasteiger partial charge in [-0.05, 0) is 25.0 Å². The van der Waals surface area contributed by atoms with Crippen molar-refractivity contribution in [2.75, 3.05) is 19.3 Å². The summed E-state index contributed by atoms with van der Waals surface area (Å²) in [6.07, 6.45) is 6.58. The fraction of sp³-hybridized carbons (Fsp3) is 0.615. The average Bonchev–Trinajstić information content (AvgIpc) is 3.04. The zero-order chi connectivity index (χ0) is 14.6. The molecule has 112 valence electrons. The lowest BCUT2D eigenvalue weighted by atomic mass is 10.2. The summed E-state index contributed by atoms with van der Waals surface area (Å²) >= 11 is 0. The SMILES string of the molecule is CS(=O)(=O)N(CCNC(=O)c1ccco1)C1CCCC1. The summed E-state index contributed by atoms with van der Waals surface area (Å²) < 4.78 is 30.1. The van der Waals surface area contributed by atoms with Crippen LogP contribution >= 0.6 is 0 Å². The van der Waals surface area contributed by atoms with Crippen LogP contribution < -0.4 is 5.32 Å². The van der Waals surface area contributed by atoms with Crippen LogP contribution in [0.2, 0.25) is 0 Å². The lowest BCUT2D eigenvalue weighted by Gasteiger charge is -2.26. The van der Waals surface area contributed by atoms with Crippen molar-refractivity contribution in [1.82, 2.24) is 9.62 Å². The van der Waals surface area contributed by atoms with Gasteiger partial charge in [0.2, 0.25) is 10.0 Å². The number of hydrogen-bond acceptors (Lipinski definition) is 4. The van der Waals surface area contributed by atoms with Gasteiger partial charge in [0.25, 0.3) is 5.91 Å². The normalized spacial score (nSPS) is 16.7. The second kappa shape index (κ2) is 6.41. The molecule has 2 rings (SSSR count). The monoisotopic (exact) mass is 300 g/mol. The third kappa shape index (κ3) is 3.83. The quantitative estimate of drug-likeness (QED) is 0.856. The fourth-order valence-electron chi connectivity index (χ4n) is 2.59. The maximum absolute atomic E-state index is 11.8. The molecule has 1 amide bonds. The Balaban J connectivity index is 1.88. The van der Waals surface area contributed by atoms with Gasteiger partial charge < -0.3 is 9.73 Å². The molecule has 1 aromatic heterocycles. The molecule has 0 radical (unpaired) electrons. The summed E-state index contributed by atoms with van der Waals surface area (Å²) in [6, 6.07) is 3.28. The van der Waals surface area contributed by atoms with E-state index in [9.17, 15) is 13.2 Å². The highest BCUT2D eigenvalue weighted by atomic mass is 32.2. The van der Waals surface area contributed by atoms with Crippen molar-refractivity contribution in [1.29, 1.82) is 0 Å². The Morgan fingerprint density at radius 3 is 2.70 bits per heavy atom. The van der Waals surface area contributed by atoms with E-state index in [1.54, 1.807) is 12.1 Å². The van der Waals surface area contributed by atoms with Gasteiger partial charge in [-0.25, -0.2) is 8.42 Å². The highest BCUT2D eigenvalue weighted by molar-refractivity contribution is 7.88. The number of amides is 1. The number of nitrogens with zero attached hydrogens (tertiary/aromatic N) is 1. The van der Waals surface area contributed by atoms with E-state index < -0.39 is 10.0 Å². The summed E-state index contributed by atoms with van der Waals surface area (Å²) in [4.78, 5) is 11.7. The number of carbonyl (C=O) groups is 1. The summed E-state index contributed by atoms with van der Waals surface area (Å²) in [5, 5.41) is 2.67. The van der Waals surface area contributed by atoms with Crippen LogP contribution in [0.4, 0.5) is 0 Å². The molecule has 0 aliphatic heterocycles. The van der Waals surface area contributed by atoms with Crippen LogP contribution in [0.1, 0.15) is 36.2 Å². The summed E-state index contributed by atoms with van der Waals surface area (Å²) in [5.41, 5.74) is 0. The zero-order valence-corrected chi connectivity index (χ0v) is 12.4. The largest absolute Gasteiger partial charge is 0.459 e. The maximum atomic E-state index is 11.8. The van der Waals surface area contributed by atoms with Crippen LogP contribution in [-0.2, 0) is 10.0 Å². The molecule has 0 unspecified atom stereocenters. The van der Waals surface area contributed by atoms with Gasteiger partial charge >= 0.3 is 0 Å². The minimum absolute atomic E-state index is 0.0746. The van der Waals surface area contributed by atoms with Gasteiger partial charge in [0, 0.05) is 19.1 Å². The number of carbonyl (C=O) groups excluding carboxylic acids is 1. The van der Waals surface area contributed by atoms with Gasteiger partial charge in [0.05, 0.1) is 12.5 Å². The molecule has 0 saturated heterocycles. The van der Waals surface area contributed by atoms with Crippen molar-refractivity contribution < 1.29 is 17.6 Å². The Morgan fingerprint density at radius 2 is 2.15 bits per heavy atom. The Hall–Kier alpha value is -1.34. The van der Waals surface area contributed by atoms with Crippen molar-refractivity contribution in [2.45, 2.75) is 31.7 Å². The van der Waals surface area contributed by atoms with Crippen LogP contribution in [-0.4, -0.2) is 44.0 Å². The number of sulfonamides is 1.